The Morgan fingerprint density at radius 3 is 2.44 bits per heavy atom. The zero-order chi connectivity index (χ0) is 13.8. The molecular formula is C11H22N2O3S2. The van der Waals surface area contributed by atoms with Crippen molar-refractivity contribution in [2.24, 2.45) is 0 Å². The summed E-state index contributed by atoms with van der Waals surface area (Å²) in [4.78, 5) is 22.4. The number of carbonyl (C=O) groups is 2. The van der Waals surface area contributed by atoms with Gasteiger partial charge in [0.1, 0.15) is 6.04 Å². The number of carbonyl (C=O) groups excluding carboxylic acids is 1. The van der Waals surface area contributed by atoms with Gasteiger partial charge in [0.2, 0.25) is 5.91 Å². The second-order valence-corrected chi connectivity index (χ2v) is 5.73. The monoisotopic (exact) mass is 294 g/mol. The van der Waals surface area contributed by atoms with Crippen molar-refractivity contribution in [1.29, 1.82) is 0 Å². The first-order valence-corrected chi connectivity index (χ1v) is 8.61. The molecular weight excluding hydrogens is 272 g/mol. The van der Waals surface area contributed by atoms with E-state index >= 15 is 0 Å². The van der Waals surface area contributed by atoms with Crippen LogP contribution in [0, 0.1) is 0 Å². The van der Waals surface area contributed by atoms with Crippen LogP contribution in [0.15, 0.2) is 0 Å². The number of rotatable bonds is 11. The minimum Gasteiger partial charge on any atom is -0.480 e. The van der Waals surface area contributed by atoms with E-state index in [1.807, 2.05) is 12.5 Å². The highest BCUT2D eigenvalue weighted by Gasteiger charge is 2.18. The van der Waals surface area contributed by atoms with Crippen LogP contribution in [0.25, 0.3) is 0 Å². The zero-order valence-corrected chi connectivity index (χ0v) is 12.5. The Labute approximate surface area is 117 Å². The average Bonchev–Trinajstić information content (AvgIpc) is 2.33. The minimum absolute atomic E-state index is 0.178. The highest BCUT2D eigenvalue weighted by atomic mass is 32.2. The first-order chi connectivity index (χ1) is 8.61. The van der Waals surface area contributed by atoms with E-state index in [9.17, 15) is 9.59 Å². The molecule has 18 heavy (non-hydrogen) atoms. The average molecular weight is 294 g/mol. The van der Waals surface area contributed by atoms with E-state index in [1.165, 1.54) is 0 Å². The normalized spacial score (nSPS) is 12.1. The highest BCUT2D eigenvalue weighted by molar-refractivity contribution is 7.98. The molecule has 0 aromatic heterocycles. The van der Waals surface area contributed by atoms with E-state index in [0.29, 0.717) is 6.42 Å². The van der Waals surface area contributed by atoms with Crippen LogP contribution in [0.3, 0.4) is 0 Å². The lowest BCUT2D eigenvalue weighted by Gasteiger charge is -2.14. The molecule has 1 atom stereocenters. The van der Waals surface area contributed by atoms with E-state index in [2.05, 4.69) is 10.6 Å². The molecule has 0 aromatic rings. The van der Waals surface area contributed by atoms with Crippen molar-refractivity contribution < 1.29 is 14.7 Å². The Balaban J connectivity index is 3.77. The third-order valence-corrected chi connectivity index (χ3v) is 3.57. The second-order valence-electron chi connectivity index (χ2n) is 3.76. The highest BCUT2D eigenvalue weighted by Crippen LogP contribution is 2.00. The molecule has 0 radical (unpaired) electrons. The first-order valence-electron chi connectivity index (χ1n) is 5.82. The van der Waals surface area contributed by atoms with Crippen LogP contribution in [0.2, 0.25) is 0 Å². The summed E-state index contributed by atoms with van der Waals surface area (Å²) in [5.74, 6) is 0.547. The lowest BCUT2D eigenvalue weighted by atomic mass is 10.2. The van der Waals surface area contributed by atoms with Crippen molar-refractivity contribution in [3.63, 3.8) is 0 Å². The predicted octanol–water partition coefficient (Wildman–Crippen LogP) is 0.652. The summed E-state index contributed by atoms with van der Waals surface area (Å²) in [5.41, 5.74) is 0. The first kappa shape index (κ1) is 17.6. The molecule has 1 unspecified atom stereocenters. The summed E-state index contributed by atoms with van der Waals surface area (Å²) >= 11 is 3.33. The van der Waals surface area contributed by atoms with Gasteiger partial charge in [-0.05, 0) is 43.4 Å². The molecule has 0 aliphatic rings. The fourth-order valence-electron chi connectivity index (χ4n) is 1.28. The Morgan fingerprint density at radius 2 is 1.89 bits per heavy atom. The maximum atomic E-state index is 11.5. The third-order valence-electron chi connectivity index (χ3n) is 2.23. The van der Waals surface area contributed by atoms with E-state index in [0.717, 1.165) is 24.5 Å². The van der Waals surface area contributed by atoms with Crippen molar-refractivity contribution in [2.75, 3.05) is 37.1 Å². The predicted molar refractivity (Wildman–Crippen MR) is 78.4 cm³/mol. The summed E-state index contributed by atoms with van der Waals surface area (Å²) in [6.07, 6.45) is 5.40. The number of thioether (sulfide) groups is 2. The minimum atomic E-state index is -0.972. The molecule has 0 saturated heterocycles. The number of carboxylic acid groups (broad SMARTS) is 1. The SMILES string of the molecule is CSCCCNCC(=O)NC(CCSC)C(=O)O. The second kappa shape index (κ2) is 11.7. The van der Waals surface area contributed by atoms with Gasteiger partial charge in [-0.1, -0.05) is 0 Å². The molecule has 106 valence electrons. The van der Waals surface area contributed by atoms with Gasteiger partial charge < -0.3 is 15.7 Å². The van der Waals surface area contributed by atoms with Gasteiger partial charge >= 0.3 is 5.97 Å². The standard InChI is InChI=1S/C11H22N2O3S2/c1-17-6-3-5-12-8-10(14)13-9(11(15)16)4-7-18-2/h9,12H,3-8H2,1-2H3,(H,13,14)(H,15,16). The summed E-state index contributed by atoms with van der Waals surface area (Å²) in [6.45, 7) is 0.953. The largest absolute Gasteiger partial charge is 0.480 e. The van der Waals surface area contributed by atoms with Gasteiger partial charge in [0, 0.05) is 0 Å². The van der Waals surface area contributed by atoms with Crippen LogP contribution in [-0.2, 0) is 9.59 Å². The molecule has 3 N–H and O–H groups in total. The van der Waals surface area contributed by atoms with Crippen LogP contribution in [0.1, 0.15) is 12.8 Å². The van der Waals surface area contributed by atoms with Gasteiger partial charge in [0.25, 0.3) is 0 Å². The molecule has 0 bridgehead atoms. The van der Waals surface area contributed by atoms with Crippen LogP contribution in [-0.4, -0.2) is 60.1 Å². The van der Waals surface area contributed by atoms with Gasteiger partial charge in [-0.2, -0.15) is 23.5 Å². The fourth-order valence-corrected chi connectivity index (χ4v) is 2.19. The number of hydrogen-bond acceptors (Lipinski definition) is 5. The number of nitrogens with one attached hydrogen (secondary N) is 2. The lowest BCUT2D eigenvalue weighted by molar-refractivity contribution is -0.141. The summed E-state index contributed by atoms with van der Waals surface area (Å²) in [7, 11) is 0. The maximum Gasteiger partial charge on any atom is 0.326 e. The van der Waals surface area contributed by atoms with Crippen molar-refractivity contribution >= 4 is 35.4 Å². The molecule has 0 saturated carbocycles. The van der Waals surface area contributed by atoms with Gasteiger partial charge in [-0.3, -0.25) is 4.79 Å². The molecule has 0 fully saturated rings. The molecule has 0 heterocycles. The number of amides is 1. The Bertz CT molecular complexity index is 252. The van der Waals surface area contributed by atoms with Crippen LogP contribution >= 0.6 is 23.5 Å². The Kier molecular flexibility index (Phi) is 11.4. The summed E-state index contributed by atoms with van der Waals surface area (Å²) in [5, 5.41) is 14.5. The number of hydrogen-bond donors (Lipinski definition) is 3. The maximum absolute atomic E-state index is 11.5. The number of carboxylic acids is 1. The van der Waals surface area contributed by atoms with Gasteiger partial charge in [-0.25, -0.2) is 4.79 Å². The Morgan fingerprint density at radius 1 is 1.22 bits per heavy atom. The van der Waals surface area contributed by atoms with Crippen LogP contribution < -0.4 is 10.6 Å². The number of aliphatic carboxylic acids is 1. The van der Waals surface area contributed by atoms with Gasteiger partial charge in [0.05, 0.1) is 6.54 Å². The zero-order valence-electron chi connectivity index (χ0n) is 10.9. The van der Waals surface area contributed by atoms with Crippen LogP contribution in [0.5, 0.6) is 0 Å². The summed E-state index contributed by atoms with van der Waals surface area (Å²) < 4.78 is 0. The molecule has 1 amide bonds. The molecule has 0 aromatic carbocycles. The van der Waals surface area contributed by atoms with Crippen LogP contribution in [0.4, 0.5) is 0 Å². The third kappa shape index (κ3) is 9.61. The molecule has 0 spiro atoms. The lowest BCUT2D eigenvalue weighted by Crippen LogP contribution is -2.45. The molecule has 5 nitrogen and oxygen atoms in total. The van der Waals surface area contributed by atoms with Gasteiger partial charge in [0.15, 0.2) is 0 Å². The van der Waals surface area contributed by atoms with E-state index in [1.54, 1.807) is 23.5 Å². The van der Waals surface area contributed by atoms with Crippen molar-refractivity contribution in [3.8, 4) is 0 Å². The van der Waals surface area contributed by atoms with Crippen molar-refractivity contribution in [1.82, 2.24) is 10.6 Å². The molecule has 0 aliphatic heterocycles. The van der Waals surface area contributed by atoms with Crippen molar-refractivity contribution in [3.05, 3.63) is 0 Å². The fraction of sp³-hybridized carbons (Fsp3) is 0.818. The van der Waals surface area contributed by atoms with E-state index < -0.39 is 12.0 Å². The molecule has 0 rings (SSSR count). The summed E-state index contributed by atoms with van der Waals surface area (Å²) in [6, 6.07) is -0.780. The Hall–Kier alpha value is -0.400. The van der Waals surface area contributed by atoms with Crippen molar-refractivity contribution in [2.45, 2.75) is 18.9 Å². The van der Waals surface area contributed by atoms with Gasteiger partial charge in [-0.15, -0.1) is 0 Å². The van der Waals surface area contributed by atoms with E-state index in [4.69, 9.17) is 5.11 Å². The molecule has 7 heteroatoms. The topological polar surface area (TPSA) is 78.4 Å². The molecule has 0 aliphatic carbocycles. The van der Waals surface area contributed by atoms with E-state index in [-0.39, 0.29) is 12.5 Å². The smallest absolute Gasteiger partial charge is 0.326 e. The quantitative estimate of drug-likeness (QED) is 0.486.